The van der Waals surface area contributed by atoms with E-state index in [4.69, 9.17) is 10.5 Å². The van der Waals surface area contributed by atoms with Crippen molar-refractivity contribution in [2.75, 3.05) is 25.1 Å². The highest BCUT2D eigenvalue weighted by Crippen LogP contribution is 2.37. The number of hydrogen-bond acceptors (Lipinski definition) is 6. The number of rotatable bonds is 5. The second-order valence-corrected chi connectivity index (χ2v) is 9.84. The highest BCUT2D eigenvalue weighted by atomic mass is 32.2. The van der Waals surface area contributed by atoms with Crippen LogP contribution in [0, 0.1) is 0 Å². The van der Waals surface area contributed by atoms with Gasteiger partial charge in [-0.15, -0.1) is 0 Å². The Morgan fingerprint density at radius 1 is 1.12 bits per heavy atom. The number of aromatic nitrogens is 1. The lowest BCUT2D eigenvalue weighted by molar-refractivity contribution is 0.414. The van der Waals surface area contributed by atoms with E-state index < -0.39 is 10.0 Å². The summed E-state index contributed by atoms with van der Waals surface area (Å²) in [6.07, 6.45) is 2.78. The van der Waals surface area contributed by atoms with Crippen molar-refractivity contribution in [3.63, 3.8) is 0 Å². The molecule has 1 atom stereocenters. The molecule has 0 saturated heterocycles. The lowest BCUT2D eigenvalue weighted by Crippen LogP contribution is -2.39. The molecule has 32 heavy (non-hydrogen) atoms. The first kappa shape index (κ1) is 20.4. The molecule has 0 bridgehead atoms. The molecular weight excluding hydrogens is 426 g/mol. The Bertz CT molecular complexity index is 1300. The molecule has 0 radical (unpaired) electrons. The Kier molecular flexibility index (Phi) is 4.85. The summed E-state index contributed by atoms with van der Waals surface area (Å²) in [6, 6.07) is 16.4. The first-order chi connectivity index (χ1) is 15.4. The predicted molar refractivity (Wildman–Crippen MR) is 124 cm³/mol. The van der Waals surface area contributed by atoms with Crippen LogP contribution in [0.5, 0.6) is 5.75 Å². The second kappa shape index (κ2) is 7.59. The number of anilines is 2. The third-order valence-electron chi connectivity index (χ3n) is 6.11. The van der Waals surface area contributed by atoms with E-state index in [1.54, 1.807) is 19.2 Å². The van der Waals surface area contributed by atoms with Gasteiger partial charge in [0, 0.05) is 25.5 Å². The van der Waals surface area contributed by atoms with Crippen LogP contribution in [0.3, 0.4) is 0 Å². The Morgan fingerprint density at radius 2 is 1.91 bits per heavy atom. The fourth-order valence-corrected chi connectivity index (χ4v) is 5.80. The smallest absolute Gasteiger partial charge is 0.266 e. The summed E-state index contributed by atoms with van der Waals surface area (Å²) in [5.41, 5.74) is 8.99. The van der Waals surface area contributed by atoms with Crippen LogP contribution in [0.4, 0.5) is 11.5 Å². The van der Waals surface area contributed by atoms with Crippen LogP contribution in [-0.4, -0.2) is 43.4 Å². The van der Waals surface area contributed by atoms with E-state index in [1.165, 1.54) is 4.31 Å². The van der Waals surface area contributed by atoms with Crippen LogP contribution >= 0.6 is 0 Å². The third-order valence-corrected chi connectivity index (χ3v) is 7.88. The van der Waals surface area contributed by atoms with E-state index in [2.05, 4.69) is 20.5 Å². The summed E-state index contributed by atoms with van der Waals surface area (Å²) in [6.45, 7) is 0.983. The molecule has 166 valence electrons. The molecule has 2 aliphatic rings. The van der Waals surface area contributed by atoms with Crippen molar-refractivity contribution in [1.82, 2.24) is 8.87 Å². The van der Waals surface area contributed by atoms with E-state index in [0.717, 1.165) is 41.3 Å². The minimum atomic E-state index is -3.81. The van der Waals surface area contributed by atoms with Gasteiger partial charge in [0.15, 0.2) is 0 Å². The molecule has 9 heteroatoms. The van der Waals surface area contributed by atoms with Crippen LogP contribution in [-0.2, 0) is 23.5 Å². The fraction of sp³-hybridized carbons (Fsp3) is 0.261. The average molecular weight is 452 g/mol. The largest absolute Gasteiger partial charge is 0.497 e. The van der Waals surface area contributed by atoms with Crippen LogP contribution in [0.2, 0.25) is 0 Å². The maximum atomic E-state index is 13.4. The normalized spacial score (nSPS) is 18.1. The fourth-order valence-electron chi connectivity index (χ4n) is 4.38. The molecule has 0 aliphatic carbocycles. The Balaban J connectivity index is 1.40. The lowest BCUT2D eigenvalue weighted by Gasteiger charge is -2.21. The Morgan fingerprint density at radius 3 is 2.59 bits per heavy atom. The molecular formula is C23H25N5O3S. The van der Waals surface area contributed by atoms with Gasteiger partial charge < -0.3 is 19.9 Å². The number of methoxy groups -OCH3 is 1. The van der Waals surface area contributed by atoms with E-state index in [0.29, 0.717) is 0 Å². The van der Waals surface area contributed by atoms with Crippen molar-refractivity contribution in [2.24, 2.45) is 17.8 Å². The van der Waals surface area contributed by atoms with Gasteiger partial charge in [-0.05, 0) is 60.0 Å². The number of nitrogens with two attached hydrogens (primary N) is 1. The summed E-state index contributed by atoms with van der Waals surface area (Å²) in [7, 11) is -0.211. The van der Waals surface area contributed by atoms with Crippen LogP contribution in [0.15, 0.2) is 70.7 Å². The van der Waals surface area contributed by atoms with Gasteiger partial charge >= 0.3 is 0 Å². The number of sulfonamides is 1. The molecule has 0 fully saturated rings. The number of guanidine groups is 1. The van der Waals surface area contributed by atoms with Gasteiger partial charge in [-0.25, -0.2) is 17.7 Å². The highest BCUT2D eigenvalue weighted by molar-refractivity contribution is 7.89. The SMILES string of the molecule is COc1ccc([C@H]2CN(S(=O)(=O)c3ccc4c(c3)CCN4c3cccn3C)C(N)=N2)cc1. The van der Waals surface area contributed by atoms with Gasteiger partial charge in [-0.2, -0.15) is 0 Å². The maximum absolute atomic E-state index is 13.4. The van der Waals surface area contributed by atoms with E-state index in [-0.39, 0.29) is 23.4 Å². The molecule has 0 amide bonds. The number of hydrogen-bond donors (Lipinski definition) is 1. The van der Waals surface area contributed by atoms with Gasteiger partial charge in [0.1, 0.15) is 11.6 Å². The van der Waals surface area contributed by atoms with Crippen molar-refractivity contribution in [3.8, 4) is 5.75 Å². The standard InChI is InChI=1S/C23H25N5O3S/c1-26-12-3-4-22(26)27-13-11-17-14-19(9-10-21(17)27)32(29,30)28-15-20(25-23(28)24)16-5-7-18(31-2)8-6-16/h3-10,12,14,20H,11,13,15H2,1-2H3,(H2,24,25)/t20-/m1/s1. The molecule has 2 aromatic carbocycles. The van der Waals surface area contributed by atoms with Crippen LogP contribution in [0.1, 0.15) is 17.2 Å². The third kappa shape index (κ3) is 3.29. The minimum Gasteiger partial charge on any atom is -0.497 e. The number of ether oxygens (including phenoxy) is 1. The molecule has 1 aromatic heterocycles. The molecule has 0 unspecified atom stereocenters. The second-order valence-electron chi connectivity index (χ2n) is 7.98. The Labute approximate surface area is 187 Å². The number of benzene rings is 2. The molecule has 5 rings (SSSR count). The number of aliphatic imine (C=N–C) groups is 1. The van der Waals surface area contributed by atoms with Crippen LogP contribution in [0.25, 0.3) is 0 Å². The van der Waals surface area contributed by atoms with Crippen molar-refractivity contribution in [1.29, 1.82) is 0 Å². The zero-order valence-electron chi connectivity index (χ0n) is 18.0. The monoisotopic (exact) mass is 451 g/mol. The van der Waals surface area contributed by atoms with Crippen LogP contribution < -0.4 is 15.4 Å². The maximum Gasteiger partial charge on any atom is 0.266 e. The van der Waals surface area contributed by atoms with Gasteiger partial charge in [-0.1, -0.05) is 12.1 Å². The van der Waals surface area contributed by atoms with Gasteiger partial charge in [0.2, 0.25) is 5.96 Å². The zero-order chi connectivity index (χ0) is 22.5. The summed E-state index contributed by atoms with van der Waals surface area (Å²) in [4.78, 5) is 6.85. The predicted octanol–water partition coefficient (Wildman–Crippen LogP) is 2.79. The first-order valence-corrected chi connectivity index (χ1v) is 11.8. The number of fused-ring (bicyclic) bond motifs is 1. The number of nitrogens with zero attached hydrogens (tertiary/aromatic N) is 4. The summed E-state index contributed by atoms with van der Waals surface area (Å²) in [5.74, 6) is 1.82. The van der Waals surface area contributed by atoms with E-state index in [1.807, 2.05) is 49.6 Å². The summed E-state index contributed by atoms with van der Waals surface area (Å²) in [5, 5.41) is 0. The summed E-state index contributed by atoms with van der Waals surface area (Å²) >= 11 is 0. The quantitative estimate of drug-likeness (QED) is 0.644. The van der Waals surface area contributed by atoms with Gasteiger partial charge in [0.05, 0.1) is 24.6 Å². The van der Waals surface area contributed by atoms with Crippen molar-refractivity contribution in [2.45, 2.75) is 17.4 Å². The van der Waals surface area contributed by atoms with E-state index in [9.17, 15) is 8.42 Å². The van der Waals surface area contributed by atoms with Crippen molar-refractivity contribution < 1.29 is 13.2 Å². The van der Waals surface area contributed by atoms with E-state index >= 15 is 0 Å². The molecule has 0 spiro atoms. The zero-order valence-corrected chi connectivity index (χ0v) is 18.8. The highest BCUT2D eigenvalue weighted by Gasteiger charge is 2.35. The Hall–Kier alpha value is -3.46. The van der Waals surface area contributed by atoms with Gasteiger partial charge in [0.25, 0.3) is 10.0 Å². The first-order valence-electron chi connectivity index (χ1n) is 10.4. The molecule has 0 saturated carbocycles. The van der Waals surface area contributed by atoms with Gasteiger partial charge in [-0.3, -0.25) is 0 Å². The average Bonchev–Trinajstić information content (AvgIpc) is 3.51. The number of aryl methyl sites for hydroxylation is 1. The summed E-state index contributed by atoms with van der Waals surface area (Å²) < 4.78 is 35.3. The minimum absolute atomic E-state index is 0.0109. The molecule has 2 N–H and O–H groups in total. The molecule has 2 aliphatic heterocycles. The molecule has 8 nitrogen and oxygen atoms in total. The topological polar surface area (TPSA) is 93.2 Å². The molecule has 3 aromatic rings. The van der Waals surface area contributed by atoms with Crippen molar-refractivity contribution in [3.05, 3.63) is 71.9 Å². The molecule has 3 heterocycles. The lowest BCUT2D eigenvalue weighted by atomic mass is 10.1. The van der Waals surface area contributed by atoms with Crippen molar-refractivity contribution >= 4 is 27.5 Å².